The lowest BCUT2D eigenvalue weighted by molar-refractivity contribution is 0.0747. The molecule has 3 nitrogen and oxygen atoms in total. The van der Waals surface area contributed by atoms with Gasteiger partial charge in [0.25, 0.3) is 5.91 Å². The van der Waals surface area contributed by atoms with Gasteiger partial charge in [0.05, 0.1) is 12.1 Å². The first-order valence-corrected chi connectivity index (χ1v) is 7.83. The van der Waals surface area contributed by atoms with Crippen LogP contribution in [0, 0.1) is 17.7 Å². The van der Waals surface area contributed by atoms with Crippen LogP contribution in [-0.2, 0) is 0 Å². The zero-order valence-corrected chi connectivity index (χ0v) is 13.1. The number of benzene rings is 1. The maximum absolute atomic E-state index is 13.4. The van der Waals surface area contributed by atoms with Crippen LogP contribution in [0.4, 0.5) is 4.39 Å². The van der Waals surface area contributed by atoms with Gasteiger partial charge < -0.3 is 10.6 Å². The Bertz CT molecular complexity index is 604. The van der Waals surface area contributed by atoms with Crippen LogP contribution in [0.2, 0.25) is 0 Å². The van der Waals surface area contributed by atoms with Crippen molar-refractivity contribution >= 4 is 17.7 Å². The fraction of sp³-hybridized carbons (Fsp3) is 0.438. The van der Waals surface area contributed by atoms with Gasteiger partial charge in [-0.05, 0) is 32.0 Å². The maximum atomic E-state index is 13.4. The summed E-state index contributed by atoms with van der Waals surface area (Å²) in [6.45, 7) is 5.80. The van der Waals surface area contributed by atoms with E-state index in [-0.39, 0.29) is 17.2 Å². The summed E-state index contributed by atoms with van der Waals surface area (Å²) in [4.78, 5) is 14.5. The second kappa shape index (κ2) is 6.50. The number of carbonyl (C=O) groups excluding carboxylic acids is 1. The lowest BCUT2D eigenvalue weighted by Gasteiger charge is -2.37. The molecule has 1 amide bonds. The summed E-state index contributed by atoms with van der Waals surface area (Å²) in [6, 6.07) is 4.09. The van der Waals surface area contributed by atoms with E-state index in [4.69, 9.17) is 5.73 Å². The Hall–Kier alpha value is -1.51. The number of rotatable bonds is 1. The number of nitrogens with two attached hydrogens (primary N) is 1. The van der Waals surface area contributed by atoms with Crippen molar-refractivity contribution in [2.45, 2.75) is 18.6 Å². The van der Waals surface area contributed by atoms with Crippen LogP contribution < -0.4 is 5.73 Å². The number of halogens is 1. The van der Waals surface area contributed by atoms with Crippen molar-refractivity contribution in [3.8, 4) is 11.8 Å². The van der Waals surface area contributed by atoms with Crippen molar-refractivity contribution in [3.05, 3.63) is 35.1 Å². The van der Waals surface area contributed by atoms with Crippen LogP contribution in [0.3, 0.4) is 0 Å². The molecule has 1 saturated heterocycles. The van der Waals surface area contributed by atoms with Crippen LogP contribution in [0.15, 0.2) is 18.2 Å². The molecular weight excluding hydrogens is 287 g/mol. The molecule has 2 N–H and O–H groups in total. The van der Waals surface area contributed by atoms with Gasteiger partial charge in [-0.2, -0.15) is 11.8 Å². The molecule has 1 heterocycles. The predicted octanol–water partition coefficient (Wildman–Crippen LogP) is 2.10. The van der Waals surface area contributed by atoms with E-state index in [2.05, 4.69) is 25.7 Å². The number of nitrogens with zero attached hydrogens (tertiary/aromatic N) is 1. The number of thioether (sulfide) groups is 1. The average molecular weight is 306 g/mol. The summed E-state index contributed by atoms with van der Waals surface area (Å²) in [5, 5.41) is 0. The summed E-state index contributed by atoms with van der Waals surface area (Å²) in [6.07, 6.45) is 0. The molecule has 0 radical (unpaired) electrons. The molecule has 0 atom stereocenters. The molecule has 0 bridgehead atoms. The minimum Gasteiger partial charge on any atom is -0.336 e. The first-order valence-electron chi connectivity index (χ1n) is 6.85. The van der Waals surface area contributed by atoms with Crippen molar-refractivity contribution in [1.82, 2.24) is 4.90 Å². The fourth-order valence-electron chi connectivity index (χ4n) is 2.31. The van der Waals surface area contributed by atoms with E-state index in [1.54, 1.807) is 0 Å². The largest absolute Gasteiger partial charge is 0.336 e. The summed E-state index contributed by atoms with van der Waals surface area (Å²) in [5.41, 5.74) is 6.20. The molecule has 0 saturated carbocycles. The Morgan fingerprint density at radius 3 is 2.95 bits per heavy atom. The van der Waals surface area contributed by atoms with Gasteiger partial charge in [-0.15, -0.1) is 0 Å². The normalized spacial score (nSPS) is 17.0. The molecule has 0 aliphatic carbocycles. The molecule has 21 heavy (non-hydrogen) atoms. The topological polar surface area (TPSA) is 46.3 Å². The third-order valence-electron chi connectivity index (χ3n) is 3.25. The van der Waals surface area contributed by atoms with Gasteiger partial charge >= 0.3 is 0 Å². The van der Waals surface area contributed by atoms with Gasteiger partial charge in [0.1, 0.15) is 5.82 Å². The Morgan fingerprint density at radius 2 is 2.29 bits per heavy atom. The van der Waals surface area contributed by atoms with Gasteiger partial charge in [0.15, 0.2) is 0 Å². The monoisotopic (exact) mass is 306 g/mol. The number of carbonyl (C=O) groups is 1. The molecule has 112 valence electrons. The molecule has 1 aromatic carbocycles. The van der Waals surface area contributed by atoms with Gasteiger partial charge in [-0.3, -0.25) is 4.79 Å². The number of hydrogen-bond donors (Lipinski definition) is 1. The quantitative estimate of drug-likeness (QED) is 0.808. The molecule has 1 aliphatic heterocycles. The van der Waals surface area contributed by atoms with Crippen molar-refractivity contribution < 1.29 is 9.18 Å². The van der Waals surface area contributed by atoms with E-state index in [1.807, 2.05) is 16.7 Å². The molecular formula is C16H19FN2OS. The second-order valence-corrected chi connectivity index (χ2v) is 7.33. The molecule has 0 unspecified atom stereocenters. The highest BCUT2D eigenvalue weighted by Gasteiger charge is 2.30. The SMILES string of the molecule is CC1(C)CN(C(=O)c2ccc(F)cc2C#CCN)CCS1. The molecule has 0 aromatic heterocycles. The van der Waals surface area contributed by atoms with E-state index >= 15 is 0 Å². The highest BCUT2D eigenvalue weighted by molar-refractivity contribution is 8.00. The smallest absolute Gasteiger partial charge is 0.255 e. The molecule has 0 spiro atoms. The van der Waals surface area contributed by atoms with Crippen LogP contribution >= 0.6 is 11.8 Å². The van der Waals surface area contributed by atoms with Crippen LogP contribution in [-0.4, -0.2) is 40.9 Å². The third-order valence-corrected chi connectivity index (χ3v) is 4.55. The summed E-state index contributed by atoms with van der Waals surface area (Å²) in [5.74, 6) is 5.88. The minimum absolute atomic E-state index is 0.0387. The first kappa shape index (κ1) is 15.9. The molecule has 5 heteroatoms. The highest BCUT2D eigenvalue weighted by Crippen LogP contribution is 2.30. The van der Waals surface area contributed by atoms with Crippen LogP contribution in [0.1, 0.15) is 29.8 Å². The average Bonchev–Trinajstić information content (AvgIpc) is 2.43. The lowest BCUT2D eigenvalue weighted by atomic mass is 10.0. The molecule has 2 rings (SSSR count). The lowest BCUT2D eigenvalue weighted by Crippen LogP contribution is -2.46. The minimum atomic E-state index is -0.401. The third kappa shape index (κ3) is 3.99. The fourth-order valence-corrected chi connectivity index (χ4v) is 3.42. The molecule has 1 aliphatic rings. The zero-order valence-electron chi connectivity index (χ0n) is 12.3. The Balaban J connectivity index is 2.30. The van der Waals surface area contributed by atoms with Crippen molar-refractivity contribution in [1.29, 1.82) is 0 Å². The second-order valence-electron chi connectivity index (χ2n) is 5.53. The van der Waals surface area contributed by atoms with Crippen LogP contribution in [0.25, 0.3) is 0 Å². The molecule has 1 fully saturated rings. The van der Waals surface area contributed by atoms with E-state index < -0.39 is 5.82 Å². The van der Waals surface area contributed by atoms with Gasteiger partial charge in [-0.25, -0.2) is 4.39 Å². The molecule has 1 aromatic rings. The van der Waals surface area contributed by atoms with Crippen molar-refractivity contribution in [2.24, 2.45) is 5.73 Å². The van der Waals surface area contributed by atoms with E-state index in [0.717, 1.165) is 5.75 Å². The van der Waals surface area contributed by atoms with Crippen LogP contribution in [0.5, 0.6) is 0 Å². The standard InChI is InChI=1S/C16H19FN2OS/c1-16(2)11-19(8-9-21-16)15(20)14-6-5-13(17)10-12(14)4-3-7-18/h5-6,10H,7-9,11,18H2,1-2H3. The predicted molar refractivity (Wildman–Crippen MR) is 84.8 cm³/mol. The van der Waals surface area contributed by atoms with E-state index in [0.29, 0.717) is 24.2 Å². The van der Waals surface area contributed by atoms with E-state index in [1.165, 1.54) is 18.2 Å². The maximum Gasteiger partial charge on any atom is 0.255 e. The van der Waals surface area contributed by atoms with Gasteiger partial charge in [0, 0.05) is 29.2 Å². The van der Waals surface area contributed by atoms with Crippen molar-refractivity contribution in [3.63, 3.8) is 0 Å². The highest BCUT2D eigenvalue weighted by atomic mass is 32.2. The summed E-state index contributed by atoms with van der Waals surface area (Å²) >= 11 is 1.86. The number of hydrogen-bond acceptors (Lipinski definition) is 3. The van der Waals surface area contributed by atoms with Crippen molar-refractivity contribution in [2.75, 3.05) is 25.4 Å². The summed E-state index contributed by atoms with van der Waals surface area (Å²) < 4.78 is 13.4. The Kier molecular flexibility index (Phi) is 4.92. The summed E-state index contributed by atoms with van der Waals surface area (Å²) in [7, 11) is 0. The zero-order chi connectivity index (χ0) is 15.5. The van der Waals surface area contributed by atoms with Gasteiger partial charge in [-0.1, -0.05) is 11.8 Å². The van der Waals surface area contributed by atoms with E-state index in [9.17, 15) is 9.18 Å². The Labute approximate surface area is 129 Å². The number of amides is 1. The first-order chi connectivity index (χ1) is 9.93. The van der Waals surface area contributed by atoms with Gasteiger partial charge in [0.2, 0.25) is 0 Å². The Morgan fingerprint density at radius 1 is 1.52 bits per heavy atom.